The normalized spacial score (nSPS) is 16.7. The van der Waals surface area contributed by atoms with Crippen molar-refractivity contribution in [1.82, 2.24) is 5.32 Å². The molecule has 0 aliphatic rings. The monoisotopic (exact) mass is 214 g/mol. The third-order valence-corrected chi connectivity index (χ3v) is 1.83. The van der Waals surface area contributed by atoms with Gasteiger partial charge in [-0.3, -0.25) is 0 Å². The minimum Gasteiger partial charge on any atom is -0.379 e. The molecule has 3 nitrogen and oxygen atoms in total. The van der Waals surface area contributed by atoms with Crippen molar-refractivity contribution < 1.29 is 17.9 Å². The summed E-state index contributed by atoms with van der Waals surface area (Å²) in [6, 6.07) is -0.612. The molecule has 0 radical (unpaired) electrons. The van der Waals surface area contributed by atoms with Gasteiger partial charge in [0.2, 0.25) is 0 Å². The van der Waals surface area contributed by atoms with E-state index >= 15 is 0 Å². The van der Waals surface area contributed by atoms with Crippen LogP contribution in [0.5, 0.6) is 0 Å². The lowest BCUT2D eigenvalue weighted by Crippen LogP contribution is -2.40. The highest BCUT2D eigenvalue weighted by atomic mass is 19.4. The first-order chi connectivity index (χ1) is 6.39. The summed E-state index contributed by atoms with van der Waals surface area (Å²) in [4.78, 5) is 0. The van der Waals surface area contributed by atoms with Crippen LogP contribution in [-0.4, -0.2) is 38.5 Å². The van der Waals surface area contributed by atoms with Crippen molar-refractivity contribution in [2.75, 3.05) is 20.2 Å². The van der Waals surface area contributed by atoms with E-state index in [1.54, 1.807) is 0 Å². The third-order valence-electron chi connectivity index (χ3n) is 1.83. The maximum absolute atomic E-state index is 11.9. The number of rotatable bonds is 6. The first-order valence-electron chi connectivity index (χ1n) is 4.42. The molecular formula is C8H17F3N2O. The molecule has 0 fully saturated rings. The van der Waals surface area contributed by atoms with Crippen LogP contribution in [0.2, 0.25) is 0 Å². The molecule has 0 rings (SSSR count). The SMILES string of the molecule is COC(CN)CNC(C)CC(F)(F)F. The minimum atomic E-state index is -4.13. The van der Waals surface area contributed by atoms with E-state index in [9.17, 15) is 13.2 Å². The minimum absolute atomic E-state index is 0.231. The van der Waals surface area contributed by atoms with Gasteiger partial charge in [0.25, 0.3) is 0 Å². The average molecular weight is 214 g/mol. The molecule has 0 spiro atoms. The third kappa shape index (κ3) is 7.11. The molecule has 2 unspecified atom stereocenters. The fourth-order valence-electron chi connectivity index (χ4n) is 1.01. The summed E-state index contributed by atoms with van der Waals surface area (Å²) in [5.41, 5.74) is 5.31. The predicted octanol–water partition coefficient (Wildman–Crippen LogP) is 0.891. The second-order valence-corrected chi connectivity index (χ2v) is 3.22. The molecule has 0 aromatic rings. The number of ether oxygens (including phenoxy) is 1. The number of nitrogens with two attached hydrogens (primary N) is 1. The summed E-state index contributed by atoms with van der Waals surface area (Å²) in [7, 11) is 1.48. The molecule has 0 aromatic carbocycles. The van der Waals surface area contributed by atoms with E-state index in [-0.39, 0.29) is 6.10 Å². The van der Waals surface area contributed by atoms with E-state index in [0.29, 0.717) is 13.1 Å². The lowest BCUT2D eigenvalue weighted by atomic mass is 10.2. The van der Waals surface area contributed by atoms with E-state index in [1.165, 1.54) is 14.0 Å². The molecule has 0 saturated carbocycles. The number of alkyl halides is 3. The van der Waals surface area contributed by atoms with Crippen molar-refractivity contribution in [2.24, 2.45) is 5.73 Å². The number of nitrogens with one attached hydrogen (secondary N) is 1. The average Bonchev–Trinajstić information content (AvgIpc) is 2.03. The highest BCUT2D eigenvalue weighted by Gasteiger charge is 2.29. The van der Waals surface area contributed by atoms with Crippen molar-refractivity contribution in [2.45, 2.75) is 31.7 Å². The Kier molecular flexibility index (Phi) is 6.06. The lowest BCUT2D eigenvalue weighted by Gasteiger charge is -2.19. The summed E-state index contributed by atoms with van der Waals surface area (Å²) in [6.07, 6.45) is -5.20. The standard InChI is InChI=1S/C8H17F3N2O/c1-6(3-8(9,10)11)13-5-7(4-12)14-2/h6-7,13H,3-5,12H2,1-2H3. The van der Waals surface area contributed by atoms with Crippen LogP contribution in [0.15, 0.2) is 0 Å². The van der Waals surface area contributed by atoms with Crippen molar-refractivity contribution in [3.05, 3.63) is 0 Å². The van der Waals surface area contributed by atoms with Gasteiger partial charge in [0.05, 0.1) is 12.5 Å². The Morgan fingerprint density at radius 3 is 2.36 bits per heavy atom. The largest absolute Gasteiger partial charge is 0.390 e. The van der Waals surface area contributed by atoms with E-state index in [2.05, 4.69) is 5.32 Å². The van der Waals surface area contributed by atoms with Gasteiger partial charge in [0.1, 0.15) is 0 Å². The van der Waals surface area contributed by atoms with E-state index < -0.39 is 18.6 Å². The number of hydrogen-bond acceptors (Lipinski definition) is 3. The quantitative estimate of drug-likeness (QED) is 0.690. The van der Waals surface area contributed by atoms with Crippen LogP contribution in [0.1, 0.15) is 13.3 Å². The Morgan fingerprint density at radius 2 is 2.00 bits per heavy atom. The maximum atomic E-state index is 11.9. The van der Waals surface area contributed by atoms with E-state index in [0.717, 1.165) is 0 Å². The summed E-state index contributed by atoms with van der Waals surface area (Å²) < 4.78 is 40.6. The zero-order valence-corrected chi connectivity index (χ0v) is 8.40. The van der Waals surface area contributed by atoms with E-state index in [4.69, 9.17) is 10.5 Å². The first kappa shape index (κ1) is 13.7. The number of hydrogen-bond donors (Lipinski definition) is 2. The molecule has 0 aliphatic heterocycles. The Balaban J connectivity index is 3.67. The van der Waals surface area contributed by atoms with Gasteiger partial charge in [-0.1, -0.05) is 0 Å². The second kappa shape index (κ2) is 6.21. The Bertz CT molecular complexity index is 148. The highest BCUT2D eigenvalue weighted by molar-refractivity contribution is 4.69. The van der Waals surface area contributed by atoms with Gasteiger partial charge in [-0.2, -0.15) is 13.2 Å². The van der Waals surface area contributed by atoms with Crippen LogP contribution in [0.3, 0.4) is 0 Å². The molecule has 14 heavy (non-hydrogen) atoms. The maximum Gasteiger partial charge on any atom is 0.390 e. The molecule has 86 valence electrons. The molecule has 0 aromatic heterocycles. The van der Waals surface area contributed by atoms with Crippen molar-refractivity contribution in [3.8, 4) is 0 Å². The fourth-order valence-corrected chi connectivity index (χ4v) is 1.01. The second-order valence-electron chi connectivity index (χ2n) is 3.22. The van der Waals surface area contributed by atoms with Gasteiger partial charge in [0.15, 0.2) is 0 Å². The first-order valence-corrected chi connectivity index (χ1v) is 4.42. The van der Waals surface area contributed by atoms with Crippen molar-refractivity contribution in [3.63, 3.8) is 0 Å². The van der Waals surface area contributed by atoms with Crippen LogP contribution in [0, 0.1) is 0 Å². The Labute approximate surface area is 81.8 Å². The van der Waals surface area contributed by atoms with Crippen LogP contribution >= 0.6 is 0 Å². The van der Waals surface area contributed by atoms with Crippen molar-refractivity contribution >= 4 is 0 Å². The Morgan fingerprint density at radius 1 is 1.43 bits per heavy atom. The number of methoxy groups -OCH3 is 1. The summed E-state index contributed by atoms with van der Waals surface area (Å²) in [6.45, 7) is 2.11. The van der Waals surface area contributed by atoms with Crippen LogP contribution in [0.4, 0.5) is 13.2 Å². The molecule has 0 heterocycles. The summed E-state index contributed by atoms with van der Waals surface area (Å²) >= 11 is 0. The van der Waals surface area contributed by atoms with Gasteiger partial charge in [0, 0.05) is 26.2 Å². The zero-order valence-electron chi connectivity index (χ0n) is 8.40. The zero-order chi connectivity index (χ0) is 11.2. The fraction of sp³-hybridized carbons (Fsp3) is 1.00. The molecule has 0 aliphatic carbocycles. The molecular weight excluding hydrogens is 197 g/mol. The molecule has 6 heteroatoms. The van der Waals surface area contributed by atoms with E-state index in [1.807, 2.05) is 0 Å². The van der Waals surface area contributed by atoms with Gasteiger partial charge < -0.3 is 15.8 Å². The molecule has 2 atom stereocenters. The van der Waals surface area contributed by atoms with Gasteiger partial charge in [-0.25, -0.2) is 0 Å². The molecule has 3 N–H and O–H groups in total. The topological polar surface area (TPSA) is 47.3 Å². The smallest absolute Gasteiger partial charge is 0.379 e. The predicted molar refractivity (Wildman–Crippen MR) is 48.0 cm³/mol. The van der Waals surface area contributed by atoms with Crippen molar-refractivity contribution in [1.29, 1.82) is 0 Å². The summed E-state index contributed by atoms with van der Waals surface area (Å²) in [5.74, 6) is 0. The van der Waals surface area contributed by atoms with Crippen LogP contribution in [-0.2, 0) is 4.74 Å². The molecule has 0 amide bonds. The van der Waals surface area contributed by atoms with Gasteiger partial charge in [-0.05, 0) is 6.92 Å². The number of halogens is 3. The van der Waals surface area contributed by atoms with Crippen LogP contribution in [0.25, 0.3) is 0 Å². The van der Waals surface area contributed by atoms with Gasteiger partial charge >= 0.3 is 6.18 Å². The highest BCUT2D eigenvalue weighted by Crippen LogP contribution is 2.21. The van der Waals surface area contributed by atoms with Crippen LogP contribution < -0.4 is 11.1 Å². The summed E-state index contributed by atoms with van der Waals surface area (Å²) in [5, 5.41) is 2.72. The van der Waals surface area contributed by atoms with Gasteiger partial charge in [-0.15, -0.1) is 0 Å². The molecule has 0 bridgehead atoms. The Hall–Kier alpha value is -0.330. The molecule has 0 saturated heterocycles. The lowest BCUT2D eigenvalue weighted by molar-refractivity contribution is -0.139.